The summed E-state index contributed by atoms with van der Waals surface area (Å²) >= 11 is 0. The number of aromatic nitrogens is 2. The van der Waals surface area contributed by atoms with Crippen LogP contribution in [-0.4, -0.2) is 22.7 Å². The molecular weight excluding hydrogens is 250 g/mol. The summed E-state index contributed by atoms with van der Waals surface area (Å²) < 4.78 is 5.37. The SMILES string of the molecule is CCCNC(CCC)Cc1nc(-c2ccccc2)no1. The highest BCUT2D eigenvalue weighted by molar-refractivity contribution is 5.53. The minimum Gasteiger partial charge on any atom is -0.339 e. The lowest BCUT2D eigenvalue weighted by Gasteiger charge is -2.15. The first-order chi connectivity index (χ1) is 9.83. The highest BCUT2D eigenvalue weighted by Gasteiger charge is 2.14. The number of hydrogen-bond donors (Lipinski definition) is 1. The molecule has 0 amide bonds. The predicted octanol–water partition coefficient (Wildman–Crippen LogP) is 3.45. The molecule has 1 heterocycles. The molecule has 0 saturated heterocycles. The summed E-state index contributed by atoms with van der Waals surface area (Å²) in [6.45, 7) is 5.41. The van der Waals surface area contributed by atoms with Crippen molar-refractivity contribution in [3.05, 3.63) is 36.2 Å². The second-order valence-corrected chi connectivity index (χ2v) is 5.02. The summed E-state index contributed by atoms with van der Waals surface area (Å²) in [5.74, 6) is 1.39. The van der Waals surface area contributed by atoms with Gasteiger partial charge in [0, 0.05) is 18.0 Å². The lowest BCUT2D eigenvalue weighted by molar-refractivity contribution is 0.350. The van der Waals surface area contributed by atoms with Crippen LogP contribution in [0.15, 0.2) is 34.9 Å². The van der Waals surface area contributed by atoms with Gasteiger partial charge in [-0.1, -0.05) is 55.8 Å². The van der Waals surface area contributed by atoms with Gasteiger partial charge in [-0.15, -0.1) is 0 Å². The third-order valence-electron chi connectivity index (χ3n) is 3.24. The Balaban J connectivity index is 2.00. The maximum atomic E-state index is 5.37. The average Bonchev–Trinajstić information content (AvgIpc) is 2.94. The maximum absolute atomic E-state index is 5.37. The number of nitrogens with zero attached hydrogens (tertiary/aromatic N) is 2. The van der Waals surface area contributed by atoms with Crippen molar-refractivity contribution in [3.63, 3.8) is 0 Å². The fraction of sp³-hybridized carbons (Fsp3) is 0.500. The summed E-state index contributed by atoms with van der Waals surface area (Å²) in [7, 11) is 0. The second-order valence-electron chi connectivity index (χ2n) is 5.02. The van der Waals surface area contributed by atoms with Gasteiger partial charge < -0.3 is 9.84 Å². The molecule has 1 N–H and O–H groups in total. The summed E-state index contributed by atoms with van der Waals surface area (Å²) in [6, 6.07) is 10.4. The summed E-state index contributed by atoms with van der Waals surface area (Å²) in [4.78, 5) is 4.49. The van der Waals surface area contributed by atoms with Crippen LogP contribution >= 0.6 is 0 Å². The van der Waals surface area contributed by atoms with Crippen molar-refractivity contribution in [2.45, 2.75) is 45.6 Å². The van der Waals surface area contributed by atoms with Gasteiger partial charge in [-0.2, -0.15) is 4.98 Å². The molecule has 2 rings (SSSR count). The van der Waals surface area contributed by atoms with Crippen LogP contribution in [-0.2, 0) is 6.42 Å². The molecule has 0 radical (unpaired) electrons. The number of rotatable bonds is 8. The monoisotopic (exact) mass is 273 g/mol. The first-order valence-electron chi connectivity index (χ1n) is 7.44. The molecule has 20 heavy (non-hydrogen) atoms. The number of hydrogen-bond acceptors (Lipinski definition) is 4. The predicted molar refractivity (Wildman–Crippen MR) is 80.4 cm³/mol. The molecule has 0 aliphatic carbocycles. The Morgan fingerprint density at radius 1 is 1.15 bits per heavy atom. The van der Waals surface area contributed by atoms with E-state index in [1.54, 1.807) is 0 Å². The lowest BCUT2D eigenvalue weighted by Crippen LogP contribution is -2.31. The van der Waals surface area contributed by atoms with E-state index in [9.17, 15) is 0 Å². The molecule has 4 nitrogen and oxygen atoms in total. The highest BCUT2D eigenvalue weighted by atomic mass is 16.5. The first-order valence-corrected chi connectivity index (χ1v) is 7.44. The van der Waals surface area contributed by atoms with E-state index in [2.05, 4.69) is 29.3 Å². The van der Waals surface area contributed by atoms with Gasteiger partial charge in [-0.25, -0.2) is 0 Å². The molecule has 1 unspecified atom stereocenters. The minimum atomic E-state index is 0.420. The Morgan fingerprint density at radius 2 is 1.95 bits per heavy atom. The van der Waals surface area contributed by atoms with Crippen molar-refractivity contribution in [2.75, 3.05) is 6.54 Å². The maximum Gasteiger partial charge on any atom is 0.228 e. The van der Waals surface area contributed by atoms with E-state index in [1.807, 2.05) is 30.3 Å². The molecule has 0 bridgehead atoms. The van der Waals surface area contributed by atoms with Crippen LogP contribution in [0.5, 0.6) is 0 Å². The average molecular weight is 273 g/mol. The van der Waals surface area contributed by atoms with Crippen LogP contribution in [0.1, 0.15) is 39.0 Å². The van der Waals surface area contributed by atoms with E-state index >= 15 is 0 Å². The van der Waals surface area contributed by atoms with Crippen molar-refractivity contribution in [1.29, 1.82) is 0 Å². The van der Waals surface area contributed by atoms with E-state index in [4.69, 9.17) is 4.52 Å². The van der Waals surface area contributed by atoms with Crippen LogP contribution in [0.3, 0.4) is 0 Å². The van der Waals surface area contributed by atoms with Gasteiger partial charge in [-0.3, -0.25) is 0 Å². The molecule has 0 aliphatic heterocycles. The van der Waals surface area contributed by atoms with Gasteiger partial charge in [0.05, 0.1) is 0 Å². The third kappa shape index (κ3) is 4.17. The fourth-order valence-electron chi connectivity index (χ4n) is 2.23. The lowest BCUT2D eigenvalue weighted by atomic mass is 10.1. The quantitative estimate of drug-likeness (QED) is 0.800. The van der Waals surface area contributed by atoms with Gasteiger partial charge in [0.25, 0.3) is 0 Å². The van der Waals surface area contributed by atoms with Crippen LogP contribution < -0.4 is 5.32 Å². The van der Waals surface area contributed by atoms with Gasteiger partial charge >= 0.3 is 0 Å². The van der Waals surface area contributed by atoms with Crippen molar-refractivity contribution in [3.8, 4) is 11.4 Å². The van der Waals surface area contributed by atoms with Gasteiger partial charge in [0.1, 0.15) is 0 Å². The highest BCUT2D eigenvalue weighted by Crippen LogP contribution is 2.16. The Hall–Kier alpha value is -1.68. The van der Waals surface area contributed by atoms with Crippen LogP contribution in [0.25, 0.3) is 11.4 Å². The smallest absolute Gasteiger partial charge is 0.228 e. The molecule has 108 valence electrons. The minimum absolute atomic E-state index is 0.420. The molecule has 1 aromatic carbocycles. The topological polar surface area (TPSA) is 51.0 Å². The Morgan fingerprint density at radius 3 is 2.65 bits per heavy atom. The van der Waals surface area contributed by atoms with E-state index in [0.717, 1.165) is 37.8 Å². The fourth-order valence-corrected chi connectivity index (χ4v) is 2.23. The molecule has 0 aliphatic rings. The standard InChI is InChI=1S/C16H23N3O/c1-3-8-14(17-11-4-2)12-15-18-16(19-20-15)13-9-6-5-7-10-13/h5-7,9-10,14,17H,3-4,8,11-12H2,1-2H3. The van der Waals surface area contributed by atoms with Gasteiger partial charge in [-0.05, 0) is 19.4 Å². The second kappa shape index (κ2) is 7.80. The van der Waals surface area contributed by atoms with Crippen LogP contribution in [0.4, 0.5) is 0 Å². The Kier molecular flexibility index (Phi) is 5.74. The van der Waals surface area contributed by atoms with E-state index < -0.39 is 0 Å². The van der Waals surface area contributed by atoms with Gasteiger partial charge in [0.2, 0.25) is 11.7 Å². The Labute approximate surface area is 120 Å². The third-order valence-corrected chi connectivity index (χ3v) is 3.24. The molecule has 0 spiro atoms. The van der Waals surface area contributed by atoms with E-state index in [-0.39, 0.29) is 0 Å². The van der Waals surface area contributed by atoms with E-state index in [0.29, 0.717) is 17.8 Å². The summed E-state index contributed by atoms with van der Waals surface area (Å²) in [5.41, 5.74) is 0.996. The zero-order valence-corrected chi connectivity index (χ0v) is 12.3. The van der Waals surface area contributed by atoms with Crippen LogP contribution in [0.2, 0.25) is 0 Å². The largest absolute Gasteiger partial charge is 0.339 e. The van der Waals surface area contributed by atoms with Crippen molar-refractivity contribution in [1.82, 2.24) is 15.5 Å². The van der Waals surface area contributed by atoms with Crippen LogP contribution in [0, 0.1) is 0 Å². The van der Waals surface area contributed by atoms with E-state index in [1.165, 1.54) is 0 Å². The summed E-state index contributed by atoms with van der Waals surface area (Å²) in [6.07, 6.45) is 4.22. The molecule has 2 aromatic rings. The molecule has 4 heteroatoms. The normalized spacial score (nSPS) is 12.5. The first kappa shape index (κ1) is 14.7. The Bertz CT molecular complexity index is 495. The molecular formula is C16H23N3O. The van der Waals surface area contributed by atoms with Crippen molar-refractivity contribution >= 4 is 0 Å². The van der Waals surface area contributed by atoms with Crippen molar-refractivity contribution < 1.29 is 4.52 Å². The zero-order valence-electron chi connectivity index (χ0n) is 12.3. The summed E-state index contributed by atoms with van der Waals surface area (Å²) in [5, 5.41) is 7.61. The number of nitrogens with one attached hydrogen (secondary N) is 1. The molecule has 0 fully saturated rings. The zero-order chi connectivity index (χ0) is 14.2. The molecule has 0 saturated carbocycles. The molecule has 1 aromatic heterocycles. The van der Waals surface area contributed by atoms with Crippen molar-refractivity contribution in [2.24, 2.45) is 0 Å². The van der Waals surface area contributed by atoms with Gasteiger partial charge in [0.15, 0.2) is 0 Å². The molecule has 1 atom stereocenters. The number of benzene rings is 1.